The molecule has 0 aliphatic carbocycles. The van der Waals surface area contributed by atoms with Gasteiger partial charge in [-0.1, -0.05) is 54.6 Å². The number of ether oxygens (including phenoxy) is 2. The maximum Gasteiger partial charge on any atom is 0.237 e. The third-order valence-electron chi connectivity index (χ3n) is 6.52. The van der Waals surface area contributed by atoms with E-state index in [-0.39, 0.29) is 6.10 Å². The molecule has 1 aliphatic rings. The molecule has 3 N–H and O–H groups in total. The van der Waals surface area contributed by atoms with Crippen LogP contribution in [0.3, 0.4) is 0 Å². The molecule has 5 aromatic rings. The first-order chi connectivity index (χ1) is 19.2. The number of aromatic nitrogens is 2. The monoisotopic (exact) mass is 517 g/mol. The SMILES string of the molecule is COc1cccc2[nH]c(-c3cnc4c(c3)NCC(CNCCc3ccc(C#N)cc3)O4)cc12.c1ccccc1. The van der Waals surface area contributed by atoms with Gasteiger partial charge < -0.3 is 25.1 Å². The standard InChI is InChI=1S/C26H25N5O2.C6H6/c1-32-25-4-2-3-22-21(25)12-23(31-22)19-11-24-26(30-14-19)33-20(16-29-24)15-28-10-9-17-5-7-18(13-27)8-6-17;1-2-4-6-5-3-1/h2-8,11-12,14,20,28-29,31H,9-10,15-16H2,1H3;1-6H. The Morgan fingerprint density at radius 3 is 2.51 bits per heavy atom. The molecule has 0 saturated carbocycles. The third-order valence-corrected chi connectivity index (χ3v) is 6.52. The van der Waals surface area contributed by atoms with Crippen LogP contribution in [0.4, 0.5) is 5.69 Å². The smallest absolute Gasteiger partial charge is 0.237 e. The van der Waals surface area contributed by atoms with E-state index in [2.05, 4.69) is 38.8 Å². The fourth-order valence-electron chi connectivity index (χ4n) is 4.44. The molecule has 7 heteroatoms. The van der Waals surface area contributed by atoms with Gasteiger partial charge in [0.25, 0.3) is 0 Å². The Kier molecular flexibility index (Phi) is 8.37. The molecule has 1 unspecified atom stereocenters. The van der Waals surface area contributed by atoms with Gasteiger partial charge in [0.2, 0.25) is 5.88 Å². The van der Waals surface area contributed by atoms with Gasteiger partial charge in [-0.2, -0.15) is 5.26 Å². The van der Waals surface area contributed by atoms with E-state index in [9.17, 15) is 0 Å². The lowest BCUT2D eigenvalue weighted by Gasteiger charge is -2.27. The molecule has 1 aliphatic heterocycles. The highest BCUT2D eigenvalue weighted by molar-refractivity contribution is 5.91. The first kappa shape index (κ1) is 25.8. The second-order valence-corrected chi connectivity index (χ2v) is 9.22. The van der Waals surface area contributed by atoms with Crippen molar-refractivity contribution in [3.63, 3.8) is 0 Å². The van der Waals surface area contributed by atoms with Crippen molar-refractivity contribution in [2.75, 3.05) is 32.1 Å². The van der Waals surface area contributed by atoms with Crippen LogP contribution in [0.1, 0.15) is 11.1 Å². The van der Waals surface area contributed by atoms with E-state index >= 15 is 0 Å². The summed E-state index contributed by atoms with van der Waals surface area (Å²) in [7, 11) is 1.68. The summed E-state index contributed by atoms with van der Waals surface area (Å²) in [6.07, 6.45) is 2.74. The van der Waals surface area contributed by atoms with Crippen molar-refractivity contribution in [3.05, 3.63) is 108 Å². The van der Waals surface area contributed by atoms with Crippen LogP contribution in [0.15, 0.2) is 97.2 Å². The third kappa shape index (κ3) is 6.56. The molecule has 39 heavy (non-hydrogen) atoms. The molecule has 0 radical (unpaired) electrons. The molecule has 3 aromatic carbocycles. The normalized spacial score (nSPS) is 13.7. The summed E-state index contributed by atoms with van der Waals surface area (Å²) in [5, 5.41) is 16.8. The number of nitrogens with one attached hydrogen (secondary N) is 3. The van der Waals surface area contributed by atoms with E-state index in [4.69, 9.17) is 14.7 Å². The fourth-order valence-corrected chi connectivity index (χ4v) is 4.44. The summed E-state index contributed by atoms with van der Waals surface area (Å²) in [5.74, 6) is 1.47. The molecule has 196 valence electrons. The quantitative estimate of drug-likeness (QED) is 0.236. The van der Waals surface area contributed by atoms with E-state index in [1.807, 2.05) is 85.1 Å². The Balaban J connectivity index is 0.000000455. The summed E-state index contributed by atoms with van der Waals surface area (Å²) in [6.45, 7) is 2.28. The number of nitriles is 1. The largest absolute Gasteiger partial charge is 0.496 e. The number of nitrogens with zero attached hydrogens (tertiary/aromatic N) is 2. The predicted molar refractivity (Wildman–Crippen MR) is 155 cm³/mol. The van der Waals surface area contributed by atoms with Crippen molar-refractivity contribution in [1.82, 2.24) is 15.3 Å². The molecular weight excluding hydrogens is 486 g/mol. The molecule has 6 rings (SSSR count). The average molecular weight is 518 g/mol. The van der Waals surface area contributed by atoms with E-state index in [1.54, 1.807) is 7.11 Å². The van der Waals surface area contributed by atoms with Gasteiger partial charge >= 0.3 is 0 Å². The van der Waals surface area contributed by atoms with Crippen LogP contribution in [0.25, 0.3) is 22.2 Å². The van der Waals surface area contributed by atoms with E-state index in [0.29, 0.717) is 18.0 Å². The van der Waals surface area contributed by atoms with Crippen LogP contribution in [0.2, 0.25) is 0 Å². The molecule has 0 bridgehead atoms. The Labute approximate surface area is 228 Å². The van der Waals surface area contributed by atoms with Gasteiger partial charge in [0.1, 0.15) is 11.9 Å². The van der Waals surface area contributed by atoms with E-state index in [0.717, 1.165) is 53.1 Å². The molecule has 0 spiro atoms. The van der Waals surface area contributed by atoms with Crippen LogP contribution >= 0.6 is 0 Å². The van der Waals surface area contributed by atoms with Gasteiger partial charge in [-0.05, 0) is 54.9 Å². The van der Waals surface area contributed by atoms with Gasteiger partial charge in [-0.25, -0.2) is 4.98 Å². The molecule has 0 fully saturated rings. The molecule has 7 nitrogen and oxygen atoms in total. The zero-order valence-corrected chi connectivity index (χ0v) is 21.9. The minimum absolute atomic E-state index is 0.00847. The van der Waals surface area contributed by atoms with Crippen molar-refractivity contribution in [1.29, 1.82) is 5.26 Å². The van der Waals surface area contributed by atoms with Crippen LogP contribution in [0, 0.1) is 11.3 Å². The number of fused-ring (bicyclic) bond motifs is 2. The Hall–Kier alpha value is -4.80. The highest BCUT2D eigenvalue weighted by Gasteiger charge is 2.21. The van der Waals surface area contributed by atoms with Crippen LogP contribution < -0.4 is 20.1 Å². The summed E-state index contributed by atoms with van der Waals surface area (Å²) < 4.78 is 11.6. The highest BCUT2D eigenvalue weighted by Crippen LogP contribution is 2.34. The topological polar surface area (TPSA) is 95.0 Å². The van der Waals surface area contributed by atoms with Crippen LogP contribution in [0.5, 0.6) is 11.6 Å². The van der Waals surface area contributed by atoms with E-state index in [1.165, 1.54) is 5.56 Å². The van der Waals surface area contributed by atoms with Gasteiger partial charge in [0, 0.05) is 34.9 Å². The predicted octanol–water partition coefficient (Wildman–Crippen LogP) is 5.80. The first-order valence-corrected chi connectivity index (χ1v) is 13.0. The number of H-pyrrole nitrogens is 1. The zero-order chi connectivity index (χ0) is 26.9. The van der Waals surface area contributed by atoms with Crippen LogP contribution in [-0.2, 0) is 6.42 Å². The summed E-state index contributed by atoms with van der Waals surface area (Å²) >= 11 is 0. The number of hydrogen-bond donors (Lipinski definition) is 3. The van der Waals surface area contributed by atoms with Crippen molar-refractivity contribution < 1.29 is 9.47 Å². The molecule has 0 amide bonds. The summed E-state index contributed by atoms with van der Waals surface area (Å²) in [5.41, 5.74) is 5.79. The van der Waals surface area contributed by atoms with Crippen LogP contribution in [-0.4, -0.2) is 42.8 Å². The molecule has 1 atom stereocenters. The van der Waals surface area contributed by atoms with Crippen molar-refractivity contribution >= 4 is 16.6 Å². The molecule has 2 aromatic heterocycles. The number of benzene rings is 3. The second-order valence-electron chi connectivity index (χ2n) is 9.22. The van der Waals surface area contributed by atoms with Gasteiger partial charge in [0.05, 0.1) is 31.0 Å². The molecular formula is C32H31N5O2. The number of pyridine rings is 1. The maximum atomic E-state index is 8.89. The van der Waals surface area contributed by atoms with E-state index < -0.39 is 0 Å². The Morgan fingerprint density at radius 2 is 1.79 bits per heavy atom. The number of aromatic amines is 1. The maximum absolute atomic E-state index is 8.89. The van der Waals surface area contributed by atoms with Gasteiger partial charge in [0.15, 0.2) is 0 Å². The number of methoxy groups -OCH3 is 1. The second kappa shape index (κ2) is 12.6. The van der Waals surface area contributed by atoms with Crippen molar-refractivity contribution in [2.45, 2.75) is 12.5 Å². The fraction of sp³-hybridized carbons (Fsp3) is 0.188. The lowest BCUT2D eigenvalue weighted by atomic mass is 10.1. The summed E-state index contributed by atoms with van der Waals surface area (Å²) in [4.78, 5) is 8.00. The molecule has 3 heterocycles. The Morgan fingerprint density at radius 1 is 1.03 bits per heavy atom. The summed E-state index contributed by atoms with van der Waals surface area (Å²) in [6, 6.07) is 32.0. The number of rotatable bonds is 7. The average Bonchev–Trinajstić information content (AvgIpc) is 3.45. The van der Waals surface area contributed by atoms with Crippen molar-refractivity contribution in [3.8, 4) is 29.0 Å². The van der Waals surface area contributed by atoms with Gasteiger partial charge in [-0.15, -0.1) is 0 Å². The lowest BCUT2D eigenvalue weighted by molar-refractivity contribution is 0.194. The van der Waals surface area contributed by atoms with Gasteiger partial charge in [-0.3, -0.25) is 0 Å². The first-order valence-electron chi connectivity index (χ1n) is 13.0. The molecule has 0 saturated heterocycles. The number of anilines is 1. The highest BCUT2D eigenvalue weighted by atomic mass is 16.5. The lowest BCUT2D eigenvalue weighted by Crippen LogP contribution is -2.40. The Bertz CT molecular complexity index is 1510. The zero-order valence-electron chi connectivity index (χ0n) is 21.9. The number of hydrogen-bond acceptors (Lipinski definition) is 6. The minimum atomic E-state index is 0.00847. The minimum Gasteiger partial charge on any atom is -0.496 e. The van der Waals surface area contributed by atoms with Crippen molar-refractivity contribution in [2.24, 2.45) is 0 Å².